The van der Waals surface area contributed by atoms with Gasteiger partial charge in [-0.2, -0.15) is 0 Å². The number of aliphatic carboxylic acids is 1. The number of likely N-dealkylation sites (tertiary alicyclic amines) is 1. The number of nitrogens with zero attached hydrogens (tertiary/aromatic N) is 1. The molecule has 1 aliphatic heterocycles. The number of carboxylic acid groups (broad SMARTS) is 1. The normalized spacial score (nSPS) is 15.8. The van der Waals surface area contributed by atoms with Crippen molar-refractivity contribution in [2.24, 2.45) is 0 Å². The van der Waals surface area contributed by atoms with E-state index >= 15 is 0 Å². The molecule has 2 N–H and O–H groups in total. The predicted octanol–water partition coefficient (Wildman–Crippen LogP) is 2.12. The van der Waals surface area contributed by atoms with Gasteiger partial charge in [-0.05, 0) is 38.8 Å². The first-order valence-corrected chi connectivity index (χ1v) is 7.07. The fourth-order valence-electron chi connectivity index (χ4n) is 1.86. The van der Waals surface area contributed by atoms with Gasteiger partial charge in [0.1, 0.15) is 5.60 Å². The lowest BCUT2D eigenvalue weighted by Gasteiger charge is -2.24. The molecule has 4 nitrogen and oxygen atoms in total. The maximum atomic E-state index is 9.97. The zero-order valence-corrected chi connectivity index (χ0v) is 12.4. The number of piperidine rings is 1. The van der Waals surface area contributed by atoms with Crippen LogP contribution in [0.2, 0.25) is 0 Å². The largest absolute Gasteiger partial charge is 0.481 e. The fourth-order valence-corrected chi connectivity index (χ4v) is 1.86. The van der Waals surface area contributed by atoms with Crippen molar-refractivity contribution in [1.29, 1.82) is 0 Å². The summed E-state index contributed by atoms with van der Waals surface area (Å²) in [5.41, 5.74) is -0.754. The van der Waals surface area contributed by atoms with E-state index < -0.39 is 11.6 Å². The SMILES string of the molecule is CC(=O)O.CCC(O)(C#CCN1CCCCC1)CC. The first kappa shape index (κ1) is 17.9. The van der Waals surface area contributed by atoms with Crippen LogP contribution in [0.4, 0.5) is 0 Å². The van der Waals surface area contributed by atoms with E-state index in [-0.39, 0.29) is 0 Å². The summed E-state index contributed by atoms with van der Waals surface area (Å²) < 4.78 is 0. The van der Waals surface area contributed by atoms with Gasteiger partial charge in [-0.3, -0.25) is 9.69 Å². The highest BCUT2D eigenvalue weighted by molar-refractivity contribution is 5.62. The lowest BCUT2D eigenvalue weighted by atomic mass is 9.98. The van der Waals surface area contributed by atoms with Gasteiger partial charge in [0.05, 0.1) is 6.54 Å². The molecule has 0 aromatic heterocycles. The molecular weight excluding hydrogens is 242 g/mol. The van der Waals surface area contributed by atoms with Crippen LogP contribution in [0.25, 0.3) is 0 Å². The van der Waals surface area contributed by atoms with Crippen LogP contribution in [0, 0.1) is 11.8 Å². The standard InChI is InChI=1S/C13H23NO.C2H4O2/c1-3-13(15,4-2)9-8-12-14-10-6-5-7-11-14;1-2(3)4/h15H,3-7,10-12H2,1-2H3;1H3,(H,3,4). The van der Waals surface area contributed by atoms with Gasteiger partial charge in [0.25, 0.3) is 5.97 Å². The van der Waals surface area contributed by atoms with Crippen LogP contribution in [0.5, 0.6) is 0 Å². The van der Waals surface area contributed by atoms with Crippen molar-refractivity contribution in [1.82, 2.24) is 4.90 Å². The molecule has 0 atom stereocenters. The molecule has 19 heavy (non-hydrogen) atoms. The maximum Gasteiger partial charge on any atom is 0.300 e. The summed E-state index contributed by atoms with van der Waals surface area (Å²) in [5.74, 6) is 5.30. The van der Waals surface area contributed by atoms with Crippen LogP contribution < -0.4 is 0 Å². The van der Waals surface area contributed by atoms with Crippen LogP contribution in [-0.4, -0.2) is 46.3 Å². The third-order valence-corrected chi connectivity index (χ3v) is 3.24. The highest BCUT2D eigenvalue weighted by Crippen LogP contribution is 2.12. The monoisotopic (exact) mass is 269 g/mol. The Labute approximate surface area is 116 Å². The average molecular weight is 269 g/mol. The molecule has 0 saturated carbocycles. The third-order valence-electron chi connectivity index (χ3n) is 3.24. The number of rotatable bonds is 3. The molecule has 0 aliphatic carbocycles. The Morgan fingerprint density at radius 1 is 1.21 bits per heavy atom. The van der Waals surface area contributed by atoms with Crippen molar-refractivity contribution in [3.63, 3.8) is 0 Å². The van der Waals surface area contributed by atoms with E-state index in [1.165, 1.54) is 32.4 Å². The minimum Gasteiger partial charge on any atom is -0.481 e. The Hall–Kier alpha value is -1.05. The molecule has 1 rings (SSSR count). The van der Waals surface area contributed by atoms with Gasteiger partial charge in [0.15, 0.2) is 0 Å². The van der Waals surface area contributed by atoms with E-state index in [0.717, 1.165) is 26.3 Å². The molecular formula is C15H27NO3. The molecule has 0 aromatic carbocycles. The third kappa shape index (κ3) is 9.52. The topological polar surface area (TPSA) is 60.8 Å². The molecule has 0 radical (unpaired) electrons. The van der Waals surface area contributed by atoms with Crippen molar-refractivity contribution >= 4 is 5.97 Å². The number of carbonyl (C=O) groups is 1. The van der Waals surface area contributed by atoms with Gasteiger partial charge in [0, 0.05) is 6.92 Å². The van der Waals surface area contributed by atoms with Gasteiger partial charge in [-0.25, -0.2) is 0 Å². The molecule has 0 unspecified atom stereocenters. The Bertz CT molecular complexity index is 303. The van der Waals surface area contributed by atoms with Gasteiger partial charge >= 0.3 is 0 Å². The Morgan fingerprint density at radius 2 is 1.68 bits per heavy atom. The van der Waals surface area contributed by atoms with Crippen molar-refractivity contribution in [3.8, 4) is 11.8 Å². The van der Waals surface area contributed by atoms with Crippen molar-refractivity contribution in [3.05, 3.63) is 0 Å². The zero-order chi connectivity index (χ0) is 14.7. The summed E-state index contributed by atoms with van der Waals surface area (Å²) in [6, 6.07) is 0. The minimum atomic E-state index is -0.833. The first-order valence-electron chi connectivity index (χ1n) is 7.07. The molecule has 0 aromatic rings. The van der Waals surface area contributed by atoms with Crippen LogP contribution >= 0.6 is 0 Å². The number of hydrogen-bond acceptors (Lipinski definition) is 3. The number of carboxylic acids is 1. The van der Waals surface area contributed by atoms with E-state index in [0.29, 0.717) is 0 Å². The highest BCUT2D eigenvalue weighted by Gasteiger charge is 2.18. The van der Waals surface area contributed by atoms with Gasteiger partial charge < -0.3 is 10.2 Å². The lowest BCUT2D eigenvalue weighted by molar-refractivity contribution is -0.134. The average Bonchev–Trinajstić information content (AvgIpc) is 2.39. The Morgan fingerprint density at radius 3 is 2.11 bits per heavy atom. The zero-order valence-electron chi connectivity index (χ0n) is 12.4. The molecule has 0 amide bonds. The van der Waals surface area contributed by atoms with Crippen LogP contribution in [0.1, 0.15) is 52.9 Å². The lowest BCUT2D eigenvalue weighted by Crippen LogP contribution is -2.30. The Kier molecular flexibility index (Phi) is 9.28. The number of hydrogen-bond donors (Lipinski definition) is 2. The maximum absolute atomic E-state index is 9.97. The van der Waals surface area contributed by atoms with Crippen molar-refractivity contribution in [2.45, 2.75) is 58.5 Å². The van der Waals surface area contributed by atoms with E-state index in [1.807, 2.05) is 13.8 Å². The van der Waals surface area contributed by atoms with Gasteiger partial charge in [0.2, 0.25) is 0 Å². The molecule has 1 saturated heterocycles. The first-order chi connectivity index (χ1) is 8.93. The van der Waals surface area contributed by atoms with E-state index in [1.54, 1.807) is 0 Å². The molecule has 1 aliphatic rings. The van der Waals surface area contributed by atoms with E-state index in [2.05, 4.69) is 16.7 Å². The molecule has 0 spiro atoms. The molecule has 4 heteroatoms. The molecule has 1 heterocycles. The second-order valence-electron chi connectivity index (χ2n) is 4.90. The predicted molar refractivity (Wildman–Crippen MR) is 76.9 cm³/mol. The van der Waals surface area contributed by atoms with Crippen molar-refractivity contribution < 1.29 is 15.0 Å². The minimum absolute atomic E-state index is 0.719. The Balaban J connectivity index is 0.000000711. The van der Waals surface area contributed by atoms with Crippen LogP contribution in [-0.2, 0) is 4.79 Å². The smallest absolute Gasteiger partial charge is 0.300 e. The van der Waals surface area contributed by atoms with Crippen LogP contribution in [0.15, 0.2) is 0 Å². The summed E-state index contributed by atoms with van der Waals surface area (Å²) in [7, 11) is 0. The summed E-state index contributed by atoms with van der Waals surface area (Å²) in [6.07, 6.45) is 5.39. The van der Waals surface area contributed by atoms with E-state index in [9.17, 15) is 5.11 Å². The van der Waals surface area contributed by atoms with Crippen LogP contribution in [0.3, 0.4) is 0 Å². The summed E-state index contributed by atoms with van der Waals surface area (Å²) >= 11 is 0. The molecule has 1 fully saturated rings. The van der Waals surface area contributed by atoms with Gasteiger partial charge in [-0.15, -0.1) is 0 Å². The fraction of sp³-hybridized carbons (Fsp3) is 0.800. The summed E-state index contributed by atoms with van der Waals surface area (Å²) in [4.78, 5) is 11.4. The number of aliphatic hydroxyl groups is 1. The summed E-state index contributed by atoms with van der Waals surface area (Å²) in [5, 5.41) is 17.4. The van der Waals surface area contributed by atoms with Gasteiger partial charge in [-0.1, -0.05) is 32.1 Å². The second-order valence-corrected chi connectivity index (χ2v) is 4.90. The van der Waals surface area contributed by atoms with Crippen molar-refractivity contribution in [2.75, 3.05) is 19.6 Å². The highest BCUT2D eigenvalue weighted by atomic mass is 16.4. The van der Waals surface area contributed by atoms with E-state index in [4.69, 9.17) is 9.90 Å². The molecule has 0 bridgehead atoms. The molecule has 110 valence electrons. The summed E-state index contributed by atoms with van der Waals surface area (Å²) in [6.45, 7) is 8.22. The second kappa shape index (κ2) is 9.82. The quantitative estimate of drug-likeness (QED) is 0.770.